The molecule has 3 aromatic heterocycles. The molecule has 34 heavy (non-hydrogen) atoms. The SMILES string of the molecule is COCOc1cc2nn(C)cc2cc1-c1ccc2cc(N3CCC(NC(C)(C)C)C3)ncc2n1. The number of aromatic nitrogens is 4. The number of ether oxygens (including phenoxy) is 2. The van der Waals surface area contributed by atoms with Gasteiger partial charge < -0.3 is 19.7 Å². The number of hydrogen-bond acceptors (Lipinski definition) is 7. The van der Waals surface area contributed by atoms with Crippen LogP contribution in [0.3, 0.4) is 0 Å². The Balaban J connectivity index is 1.44. The minimum atomic E-state index is 0.114. The van der Waals surface area contributed by atoms with Gasteiger partial charge in [-0.3, -0.25) is 4.68 Å². The van der Waals surface area contributed by atoms with Crippen LogP contribution in [0.15, 0.2) is 42.7 Å². The van der Waals surface area contributed by atoms with Gasteiger partial charge in [0.05, 0.1) is 22.9 Å². The van der Waals surface area contributed by atoms with Crippen LogP contribution in [0.4, 0.5) is 5.82 Å². The van der Waals surface area contributed by atoms with Crippen LogP contribution < -0.4 is 15.0 Å². The summed E-state index contributed by atoms with van der Waals surface area (Å²) >= 11 is 0. The van der Waals surface area contributed by atoms with Gasteiger partial charge in [0, 0.05) is 67.4 Å². The fourth-order valence-electron chi connectivity index (χ4n) is 4.65. The molecule has 0 bridgehead atoms. The number of nitrogens with one attached hydrogen (secondary N) is 1. The lowest BCUT2D eigenvalue weighted by molar-refractivity contribution is 0.0516. The molecular formula is C26H32N6O2. The van der Waals surface area contributed by atoms with E-state index in [-0.39, 0.29) is 12.3 Å². The van der Waals surface area contributed by atoms with Gasteiger partial charge in [-0.25, -0.2) is 9.97 Å². The molecule has 178 valence electrons. The lowest BCUT2D eigenvalue weighted by Gasteiger charge is -2.26. The van der Waals surface area contributed by atoms with Gasteiger partial charge >= 0.3 is 0 Å². The van der Waals surface area contributed by atoms with E-state index in [9.17, 15) is 0 Å². The summed E-state index contributed by atoms with van der Waals surface area (Å²) in [5.41, 5.74) is 3.57. The van der Waals surface area contributed by atoms with Crippen molar-refractivity contribution in [2.24, 2.45) is 7.05 Å². The highest BCUT2D eigenvalue weighted by atomic mass is 16.7. The highest BCUT2D eigenvalue weighted by molar-refractivity contribution is 5.89. The first-order valence-corrected chi connectivity index (χ1v) is 11.7. The molecule has 0 aliphatic carbocycles. The smallest absolute Gasteiger partial charge is 0.188 e. The zero-order valence-corrected chi connectivity index (χ0v) is 20.5. The molecule has 5 rings (SSSR count). The molecule has 1 unspecified atom stereocenters. The lowest BCUT2D eigenvalue weighted by atomic mass is 10.1. The van der Waals surface area contributed by atoms with Crippen LogP contribution in [0.1, 0.15) is 27.2 Å². The Morgan fingerprint density at radius 2 is 1.97 bits per heavy atom. The average molecular weight is 461 g/mol. The molecule has 8 nitrogen and oxygen atoms in total. The Hall–Kier alpha value is -3.23. The molecule has 1 atom stereocenters. The molecule has 1 N–H and O–H groups in total. The maximum Gasteiger partial charge on any atom is 0.188 e. The summed E-state index contributed by atoms with van der Waals surface area (Å²) < 4.78 is 12.8. The largest absolute Gasteiger partial charge is 0.467 e. The van der Waals surface area contributed by atoms with E-state index in [4.69, 9.17) is 19.4 Å². The maximum absolute atomic E-state index is 5.86. The molecule has 4 aromatic rings. The Bertz CT molecular complexity index is 1330. The number of aryl methyl sites for hydroxylation is 1. The topological polar surface area (TPSA) is 77.3 Å². The Morgan fingerprint density at radius 1 is 1.12 bits per heavy atom. The van der Waals surface area contributed by atoms with E-state index in [1.807, 2.05) is 31.6 Å². The molecule has 8 heteroatoms. The molecule has 0 saturated carbocycles. The van der Waals surface area contributed by atoms with E-state index >= 15 is 0 Å². The summed E-state index contributed by atoms with van der Waals surface area (Å²) in [7, 11) is 3.52. The first-order valence-electron chi connectivity index (χ1n) is 11.7. The number of hydrogen-bond donors (Lipinski definition) is 1. The van der Waals surface area contributed by atoms with E-state index in [1.54, 1.807) is 11.8 Å². The van der Waals surface area contributed by atoms with Crippen molar-refractivity contribution in [2.75, 3.05) is 31.9 Å². The Labute approximate surface area is 199 Å². The molecule has 1 aliphatic rings. The van der Waals surface area contributed by atoms with E-state index in [0.29, 0.717) is 11.8 Å². The second kappa shape index (κ2) is 8.85. The molecule has 4 heterocycles. The molecule has 1 aliphatic heterocycles. The van der Waals surface area contributed by atoms with Gasteiger partial charge in [0.1, 0.15) is 11.6 Å². The zero-order chi connectivity index (χ0) is 23.9. The standard InChI is InChI=1S/C26H32N6O2/c1-26(2,3)29-19-8-9-32(15-19)25-11-17-6-7-21(28-23(17)13-27-25)20-10-18-14-31(4)30-22(18)12-24(20)34-16-33-5/h6-7,10-14,19,29H,8-9,15-16H2,1-5H3. The first kappa shape index (κ1) is 22.6. The van der Waals surface area contributed by atoms with Crippen molar-refractivity contribution in [1.29, 1.82) is 0 Å². The van der Waals surface area contributed by atoms with Crippen LogP contribution in [0.25, 0.3) is 33.1 Å². The van der Waals surface area contributed by atoms with E-state index in [1.165, 1.54) is 0 Å². The van der Waals surface area contributed by atoms with Crippen molar-refractivity contribution >= 4 is 27.6 Å². The van der Waals surface area contributed by atoms with Crippen LogP contribution in [0.5, 0.6) is 5.75 Å². The minimum absolute atomic E-state index is 0.114. The number of rotatable bonds is 6. The molecular weight excluding hydrogens is 428 g/mol. The van der Waals surface area contributed by atoms with Crippen molar-refractivity contribution in [1.82, 2.24) is 25.1 Å². The van der Waals surface area contributed by atoms with Crippen molar-refractivity contribution in [2.45, 2.75) is 38.8 Å². The third kappa shape index (κ3) is 4.69. The van der Waals surface area contributed by atoms with Gasteiger partial charge in [0.15, 0.2) is 6.79 Å². The van der Waals surface area contributed by atoms with Crippen LogP contribution in [-0.2, 0) is 11.8 Å². The number of methoxy groups -OCH3 is 1. The quantitative estimate of drug-likeness (QED) is 0.434. The normalized spacial score (nSPS) is 16.6. The highest BCUT2D eigenvalue weighted by Crippen LogP contribution is 2.34. The Kier molecular flexibility index (Phi) is 5.87. The molecule has 1 fully saturated rings. The second-order valence-electron chi connectivity index (χ2n) is 10.0. The monoisotopic (exact) mass is 460 g/mol. The molecule has 0 radical (unpaired) electrons. The van der Waals surface area contributed by atoms with Crippen molar-refractivity contribution < 1.29 is 9.47 Å². The predicted molar refractivity (Wildman–Crippen MR) is 135 cm³/mol. The number of pyridine rings is 2. The highest BCUT2D eigenvalue weighted by Gasteiger charge is 2.26. The number of anilines is 1. The third-order valence-electron chi connectivity index (χ3n) is 6.04. The molecule has 0 amide bonds. The molecule has 1 saturated heterocycles. The lowest BCUT2D eigenvalue weighted by Crippen LogP contribution is -2.44. The van der Waals surface area contributed by atoms with Crippen LogP contribution in [0, 0.1) is 0 Å². The van der Waals surface area contributed by atoms with E-state index in [0.717, 1.165) is 58.4 Å². The van der Waals surface area contributed by atoms with Gasteiger partial charge in [-0.1, -0.05) is 6.07 Å². The van der Waals surface area contributed by atoms with Gasteiger partial charge in [0.25, 0.3) is 0 Å². The number of fused-ring (bicyclic) bond motifs is 2. The minimum Gasteiger partial charge on any atom is -0.467 e. The number of nitrogens with zero attached hydrogens (tertiary/aromatic N) is 5. The van der Waals surface area contributed by atoms with E-state index < -0.39 is 0 Å². The fourth-order valence-corrected chi connectivity index (χ4v) is 4.65. The van der Waals surface area contributed by atoms with E-state index in [2.05, 4.69) is 54.3 Å². The van der Waals surface area contributed by atoms with Gasteiger partial charge in [-0.05, 0) is 45.4 Å². The zero-order valence-electron chi connectivity index (χ0n) is 20.5. The average Bonchev–Trinajstić information content (AvgIpc) is 3.40. The van der Waals surface area contributed by atoms with Gasteiger partial charge in [0.2, 0.25) is 0 Å². The van der Waals surface area contributed by atoms with Crippen molar-refractivity contribution in [3.63, 3.8) is 0 Å². The molecule has 1 aromatic carbocycles. The Morgan fingerprint density at radius 3 is 2.76 bits per heavy atom. The van der Waals surface area contributed by atoms with Crippen molar-refractivity contribution in [3.8, 4) is 17.0 Å². The van der Waals surface area contributed by atoms with Crippen LogP contribution in [-0.4, -0.2) is 58.3 Å². The number of benzene rings is 1. The fraction of sp³-hybridized carbons (Fsp3) is 0.423. The van der Waals surface area contributed by atoms with Crippen LogP contribution >= 0.6 is 0 Å². The summed E-state index contributed by atoms with van der Waals surface area (Å²) in [5, 5.41) is 10.3. The summed E-state index contributed by atoms with van der Waals surface area (Å²) in [6, 6.07) is 10.8. The van der Waals surface area contributed by atoms with Crippen LogP contribution in [0.2, 0.25) is 0 Å². The second-order valence-corrected chi connectivity index (χ2v) is 10.0. The first-order chi connectivity index (χ1) is 16.3. The van der Waals surface area contributed by atoms with Gasteiger partial charge in [-0.2, -0.15) is 5.10 Å². The van der Waals surface area contributed by atoms with Gasteiger partial charge in [-0.15, -0.1) is 0 Å². The summed E-state index contributed by atoms with van der Waals surface area (Å²) in [4.78, 5) is 12.0. The van der Waals surface area contributed by atoms with Crippen molar-refractivity contribution in [3.05, 3.63) is 42.7 Å². The summed E-state index contributed by atoms with van der Waals surface area (Å²) in [6.07, 6.45) is 4.98. The maximum atomic E-state index is 5.86. The summed E-state index contributed by atoms with van der Waals surface area (Å²) in [6.45, 7) is 8.77. The third-order valence-corrected chi connectivity index (χ3v) is 6.04. The molecule has 0 spiro atoms. The summed E-state index contributed by atoms with van der Waals surface area (Å²) in [5.74, 6) is 1.69. The predicted octanol–water partition coefficient (Wildman–Crippen LogP) is 4.13.